The maximum absolute atomic E-state index is 13.7. The Bertz CT molecular complexity index is 1540. The van der Waals surface area contributed by atoms with Gasteiger partial charge in [0, 0.05) is 17.7 Å². The van der Waals surface area contributed by atoms with Crippen LogP contribution in [0, 0.1) is 0 Å². The van der Waals surface area contributed by atoms with Crippen LogP contribution in [-0.2, 0) is 9.47 Å². The lowest BCUT2D eigenvalue weighted by Gasteiger charge is -2.39. The number of aromatic hydroxyl groups is 3. The molecule has 10 N–H and O–H groups in total. The van der Waals surface area contributed by atoms with E-state index in [4.69, 9.17) is 23.4 Å². The molecular formula is C27H30O16. The Morgan fingerprint density at radius 3 is 2.05 bits per heavy atom. The van der Waals surface area contributed by atoms with E-state index in [2.05, 4.69) is 0 Å². The third-order valence-corrected chi connectivity index (χ3v) is 7.29. The van der Waals surface area contributed by atoms with Crippen molar-refractivity contribution in [3.05, 3.63) is 40.6 Å². The van der Waals surface area contributed by atoms with E-state index in [9.17, 15) is 55.9 Å². The molecule has 3 heterocycles. The smallest absolute Gasteiger partial charge is 0.239 e. The Balaban J connectivity index is 1.61. The van der Waals surface area contributed by atoms with Crippen LogP contribution in [0.25, 0.3) is 22.3 Å². The molecule has 0 amide bonds. The second-order valence-corrected chi connectivity index (χ2v) is 10.2. The van der Waals surface area contributed by atoms with Gasteiger partial charge in [-0.05, 0) is 25.1 Å². The first kappa shape index (κ1) is 30.7. The van der Waals surface area contributed by atoms with E-state index in [0.717, 1.165) is 24.3 Å². The predicted molar refractivity (Wildman–Crippen MR) is 140 cm³/mol. The molecule has 0 unspecified atom stereocenters. The Hall–Kier alpha value is -3.71. The monoisotopic (exact) mass is 610 g/mol. The highest BCUT2D eigenvalue weighted by Crippen LogP contribution is 2.40. The van der Waals surface area contributed by atoms with E-state index >= 15 is 0 Å². The molecule has 0 saturated carbocycles. The third-order valence-electron chi connectivity index (χ3n) is 7.29. The Morgan fingerprint density at radius 1 is 0.744 bits per heavy atom. The van der Waals surface area contributed by atoms with Crippen molar-refractivity contribution >= 4 is 11.0 Å². The minimum atomic E-state index is -1.92. The highest BCUT2D eigenvalue weighted by molar-refractivity contribution is 5.88. The van der Waals surface area contributed by atoms with Gasteiger partial charge in [0.2, 0.25) is 23.8 Å². The highest BCUT2D eigenvalue weighted by Gasteiger charge is 2.46. The van der Waals surface area contributed by atoms with E-state index < -0.39 is 108 Å². The first-order valence-electron chi connectivity index (χ1n) is 13.0. The van der Waals surface area contributed by atoms with Crippen LogP contribution in [0.4, 0.5) is 0 Å². The molecule has 0 bridgehead atoms. The summed E-state index contributed by atoms with van der Waals surface area (Å²) in [5.41, 5.74) is -1.40. The molecule has 1 aromatic heterocycles. The molecule has 16 nitrogen and oxygen atoms in total. The van der Waals surface area contributed by atoms with Crippen molar-refractivity contribution in [2.75, 3.05) is 6.61 Å². The average Bonchev–Trinajstić information content (AvgIpc) is 2.97. The lowest BCUT2D eigenvalue weighted by Crippen LogP contribution is -2.60. The molecule has 0 radical (unpaired) electrons. The second kappa shape index (κ2) is 11.8. The predicted octanol–water partition coefficient (Wildman–Crippen LogP) is -2.04. The molecule has 2 saturated heterocycles. The zero-order chi connectivity index (χ0) is 31.3. The van der Waals surface area contributed by atoms with Gasteiger partial charge in [0.05, 0.1) is 12.7 Å². The molecule has 0 aliphatic carbocycles. The van der Waals surface area contributed by atoms with Gasteiger partial charge in [-0.15, -0.1) is 0 Å². The molecule has 16 heteroatoms. The summed E-state index contributed by atoms with van der Waals surface area (Å²) in [7, 11) is 0. The van der Waals surface area contributed by atoms with Crippen molar-refractivity contribution in [2.45, 2.75) is 68.3 Å². The van der Waals surface area contributed by atoms with Crippen LogP contribution in [0.3, 0.4) is 0 Å². The topological polar surface area (TPSA) is 269 Å². The largest absolute Gasteiger partial charge is 0.507 e. The summed E-state index contributed by atoms with van der Waals surface area (Å²) < 4.78 is 27.8. The first-order valence-corrected chi connectivity index (χ1v) is 13.0. The fourth-order valence-corrected chi connectivity index (χ4v) is 4.81. The number of phenols is 3. The molecule has 2 aromatic carbocycles. The van der Waals surface area contributed by atoms with Gasteiger partial charge in [-0.3, -0.25) is 4.79 Å². The SMILES string of the molecule is C[C@@H]1O[C@@H](Oc2cc(O)c3c(=O)c(O[C@@H]4O[C@H](CO)[C@@H](O)[C@H](O)[C@H]4O)c(-c4ccc(O)c(O)c4)oc3c2)[C@@H](O)[C@H](O)[C@@H]1O. The molecule has 2 fully saturated rings. The molecule has 3 aromatic rings. The van der Waals surface area contributed by atoms with E-state index in [0.29, 0.717) is 0 Å². The molecule has 234 valence electrons. The number of benzene rings is 2. The number of phenolic OH excluding ortho intramolecular Hbond substituents is 3. The van der Waals surface area contributed by atoms with Crippen LogP contribution in [0.15, 0.2) is 39.5 Å². The van der Waals surface area contributed by atoms with Gasteiger partial charge >= 0.3 is 0 Å². The third kappa shape index (κ3) is 5.55. The summed E-state index contributed by atoms with van der Waals surface area (Å²) >= 11 is 0. The first-order chi connectivity index (χ1) is 20.3. The van der Waals surface area contributed by atoms with Crippen molar-refractivity contribution in [3.63, 3.8) is 0 Å². The van der Waals surface area contributed by atoms with Gasteiger partial charge in [0.1, 0.15) is 65.2 Å². The minimum Gasteiger partial charge on any atom is -0.507 e. The van der Waals surface area contributed by atoms with Crippen LogP contribution < -0.4 is 14.9 Å². The van der Waals surface area contributed by atoms with E-state index in [1.807, 2.05) is 0 Å². The standard InChI is InChI=1S/C27H30O16/c1-8-17(32)20(35)22(37)26(39-8)40-10-5-13(31)16-14(6-10)41-24(9-2-3-11(29)12(30)4-9)25(19(16)34)43-27-23(38)21(36)18(33)15(7-28)42-27/h2-6,8,15,17-18,20-23,26-33,35-38H,7H2,1H3/t8-,15+,17+,18+,20+,21-,22-,23+,26-,27-/m0/s1. The van der Waals surface area contributed by atoms with Gasteiger partial charge in [-0.1, -0.05) is 0 Å². The molecule has 2 aliphatic heterocycles. The summed E-state index contributed by atoms with van der Waals surface area (Å²) in [5, 5.41) is 101. The quantitative estimate of drug-likeness (QED) is 0.135. The van der Waals surface area contributed by atoms with Crippen LogP contribution >= 0.6 is 0 Å². The lowest BCUT2D eigenvalue weighted by atomic mass is 9.99. The van der Waals surface area contributed by atoms with E-state index in [1.54, 1.807) is 0 Å². The summed E-state index contributed by atoms with van der Waals surface area (Å²) in [6.07, 6.45) is -15.9. The van der Waals surface area contributed by atoms with Gasteiger partial charge in [-0.25, -0.2) is 0 Å². The number of aliphatic hydroxyl groups is 7. The Morgan fingerprint density at radius 2 is 1.40 bits per heavy atom. The normalized spacial score (nSPS) is 32.9. The number of hydrogen-bond acceptors (Lipinski definition) is 16. The van der Waals surface area contributed by atoms with Crippen molar-refractivity contribution in [1.82, 2.24) is 0 Å². The van der Waals surface area contributed by atoms with E-state index in [-0.39, 0.29) is 16.9 Å². The number of hydrogen-bond donors (Lipinski definition) is 10. The molecule has 43 heavy (non-hydrogen) atoms. The molecule has 10 atom stereocenters. The van der Waals surface area contributed by atoms with Crippen LogP contribution in [0.5, 0.6) is 28.7 Å². The van der Waals surface area contributed by atoms with Crippen LogP contribution in [-0.4, -0.2) is 119 Å². The van der Waals surface area contributed by atoms with Crippen molar-refractivity contribution in [2.24, 2.45) is 0 Å². The van der Waals surface area contributed by atoms with Gasteiger partial charge < -0.3 is 74.4 Å². The summed E-state index contributed by atoms with van der Waals surface area (Å²) in [6.45, 7) is 0.650. The fourth-order valence-electron chi connectivity index (χ4n) is 4.81. The van der Waals surface area contributed by atoms with Crippen molar-refractivity contribution in [1.29, 1.82) is 0 Å². The number of rotatable bonds is 6. The van der Waals surface area contributed by atoms with Gasteiger partial charge in [0.25, 0.3) is 0 Å². The average molecular weight is 611 g/mol. The van der Waals surface area contributed by atoms with Gasteiger partial charge in [-0.2, -0.15) is 0 Å². The molecule has 2 aliphatic rings. The Kier molecular flexibility index (Phi) is 8.41. The number of aliphatic hydroxyl groups excluding tert-OH is 7. The fraction of sp³-hybridized carbons (Fsp3) is 0.444. The van der Waals surface area contributed by atoms with Crippen molar-refractivity contribution < 1.29 is 74.4 Å². The van der Waals surface area contributed by atoms with E-state index in [1.165, 1.54) is 13.0 Å². The summed E-state index contributed by atoms with van der Waals surface area (Å²) in [6, 6.07) is 5.43. The van der Waals surface area contributed by atoms with Gasteiger partial charge in [0.15, 0.2) is 17.3 Å². The maximum atomic E-state index is 13.7. The number of ether oxygens (including phenoxy) is 4. The summed E-state index contributed by atoms with van der Waals surface area (Å²) in [4.78, 5) is 13.7. The lowest BCUT2D eigenvalue weighted by molar-refractivity contribution is -0.277. The minimum absolute atomic E-state index is 0.0447. The zero-order valence-electron chi connectivity index (χ0n) is 22.3. The van der Waals surface area contributed by atoms with Crippen LogP contribution in [0.1, 0.15) is 6.92 Å². The van der Waals surface area contributed by atoms with Crippen molar-refractivity contribution in [3.8, 4) is 40.1 Å². The summed E-state index contributed by atoms with van der Waals surface area (Å²) in [5.74, 6) is -3.14. The molecule has 5 rings (SSSR count). The Labute approximate surface area is 241 Å². The highest BCUT2D eigenvalue weighted by atomic mass is 16.7. The second-order valence-electron chi connectivity index (χ2n) is 10.2. The maximum Gasteiger partial charge on any atom is 0.239 e. The zero-order valence-corrected chi connectivity index (χ0v) is 22.3. The molecular weight excluding hydrogens is 580 g/mol. The molecule has 0 spiro atoms. The van der Waals surface area contributed by atoms with Crippen LogP contribution in [0.2, 0.25) is 0 Å². The number of fused-ring (bicyclic) bond motifs is 1.